The van der Waals surface area contributed by atoms with E-state index in [-0.39, 0.29) is 18.4 Å². The first kappa shape index (κ1) is 14.2. The normalized spacial score (nSPS) is 12.2. The first-order valence-corrected chi connectivity index (χ1v) is 6.66. The highest BCUT2D eigenvalue weighted by Gasteiger charge is 2.12. The molecule has 2 aromatic heterocycles. The molecule has 0 aliphatic heterocycles. The second-order valence-electron chi connectivity index (χ2n) is 5.05. The molecule has 1 N–H and O–H groups in total. The molecule has 20 heavy (non-hydrogen) atoms. The van der Waals surface area contributed by atoms with E-state index >= 15 is 0 Å². The van der Waals surface area contributed by atoms with Gasteiger partial charge in [0.2, 0.25) is 5.91 Å². The lowest BCUT2D eigenvalue weighted by Crippen LogP contribution is -2.35. The molecule has 106 valence electrons. The van der Waals surface area contributed by atoms with Gasteiger partial charge in [0.05, 0.1) is 12.1 Å². The predicted octanol–water partition coefficient (Wildman–Crippen LogP) is 1.98. The van der Waals surface area contributed by atoms with Crippen molar-refractivity contribution in [3.8, 4) is 0 Å². The van der Waals surface area contributed by atoms with Crippen LogP contribution < -0.4 is 5.32 Å². The number of hydrogen-bond acceptors (Lipinski definition) is 4. The third kappa shape index (κ3) is 3.91. The first-order valence-electron chi connectivity index (χ1n) is 6.66. The predicted molar refractivity (Wildman–Crippen MR) is 75.2 cm³/mol. The molecule has 5 heteroatoms. The summed E-state index contributed by atoms with van der Waals surface area (Å²) in [7, 11) is 0. The topological polar surface area (TPSA) is 68.0 Å². The van der Waals surface area contributed by atoms with Crippen molar-refractivity contribution in [2.24, 2.45) is 0 Å². The third-order valence-corrected chi connectivity index (χ3v) is 3.04. The summed E-state index contributed by atoms with van der Waals surface area (Å²) < 4.78 is 5.03. The number of nitrogens with one attached hydrogen (secondary N) is 1. The standard InChI is InChI=1S/C15H19N3O2/c1-10-5-4-6-16-14(10)8-11(2)17-15(19)9-13-7-12(3)18-20-13/h4-7,11H,8-9H2,1-3H3,(H,17,19). The van der Waals surface area contributed by atoms with Crippen molar-refractivity contribution in [3.05, 3.63) is 47.1 Å². The van der Waals surface area contributed by atoms with Crippen molar-refractivity contribution in [1.29, 1.82) is 0 Å². The Balaban J connectivity index is 1.86. The number of nitrogens with zero attached hydrogens (tertiary/aromatic N) is 2. The molecule has 1 amide bonds. The average molecular weight is 273 g/mol. The number of rotatable bonds is 5. The van der Waals surface area contributed by atoms with Crippen LogP contribution in [0.2, 0.25) is 0 Å². The molecular weight excluding hydrogens is 254 g/mol. The van der Waals surface area contributed by atoms with Gasteiger partial charge in [0.25, 0.3) is 0 Å². The van der Waals surface area contributed by atoms with Crippen LogP contribution in [0.15, 0.2) is 28.9 Å². The van der Waals surface area contributed by atoms with Crippen LogP contribution in [-0.2, 0) is 17.6 Å². The van der Waals surface area contributed by atoms with E-state index < -0.39 is 0 Å². The minimum Gasteiger partial charge on any atom is -0.361 e. The highest BCUT2D eigenvalue weighted by atomic mass is 16.5. The summed E-state index contributed by atoms with van der Waals surface area (Å²) in [4.78, 5) is 16.2. The fourth-order valence-corrected chi connectivity index (χ4v) is 2.06. The molecule has 0 aliphatic carbocycles. The van der Waals surface area contributed by atoms with Crippen LogP contribution in [0.1, 0.15) is 29.6 Å². The van der Waals surface area contributed by atoms with E-state index in [1.165, 1.54) is 0 Å². The summed E-state index contributed by atoms with van der Waals surface area (Å²) in [5.41, 5.74) is 2.93. The minimum absolute atomic E-state index is 0.0279. The zero-order valence-corrected chi connectivity index (χ0v) is 12.0. The Kier molecular flexibility index (Phi) is 4.50. The summed E-state index contributed by atoms with van der Waals surface area (Å²) in [6.07, 6.45) is 2.70. The fourth-order valence-electron chi connectivity index (χ4n) is 2.06. The second-order valence-corrected chi connectivity index (χ2v) is 5.05. The van der Waals surface area contributed by atoms with Crippen molar-refractivity contribution in [1.82, 2.24) is 15.5 Å². The summed E-state index contributed by atoms with van der Waals surface area (Å²) in [6.45, 7) is 5.82. The minimum atomic E-state index is -0.0674. The Morgan fingerprint density at radius 2 is 2.25 bits per heavy atom. The van der Waals surface area contributed by atoms with Gasteiger partial charge in [0.1, 0.15) is 5.76 Å². The van der Waals surface area contributed by atoms with Crippen molar-refractivity contribution in [2.75, 3.05) is 0 Å². The number of aryl methyl sites for hydroxylation is 2. The number of amides is 1. The summed E-state index contributed by atoms with van der Waals surface area (Å²) in [6, 6.07) is 5.73. The summed E-state index contributed by atoms with van der Waals surface area (Å²) in [5.74, 6) is 0.517. The molecule has 0 saturated carbocycles. The van der Waals surface area contributed by atoms with Crippen molar-refractivity contribution in [3.63, 3.8) is 0 Å². The largest absolute Gasteiger partial charge is 0.361 e. The smallest absolute Gasteiger partial charge is 0.227 e. The molecule has 5 nitrogen and oxygen atoms in total. The van der Waals surface area contributed by atoms with Crippen LogP contribution >= 0.6 is 0 Å². The zero-order chi connectivity index (χ0) is 14.5. The van der Waals surface area contributed by atoms with E-state index in [9.17, 15) is 4.79 Å². The lowest BCUT2D eigenvalue weighted by molar-refractivity contribution is -0.121. The first-order chi connectivity index (χ1) is 9.54. The Morgan fingerprint density at radius 3 is 2.90 bits per heavy atom. The Labute approximate surface area is 118 Å². The van der Waals surface area contributed by atoms with Gasteiger partial charge in [0.15, 0.2) is 0 Å². The van der Waals surface area contributed by atoms with E-state index in [0.29, 0.717) is 12.2 Å². The third-order valence-electron chi connectivity index (χ3n) is 3.04. The van der Waals surface area contributed by atoms with Gasteiger partial charge < -0.3 is 9.84 Å². The Morgan fingerprint density at radius 1 is 1.45 bits per heavy atom. The maximum Gasteiger partial charge on any atom is 0.227 e. The van der Waals surface area contributed by atoms with Crippen molar-refractivity contribution >= 4 is 5.91 Å². The maximum absolute atomic E-state index is 11.9. The molecule has 1 unspecified atom stereocenters. The number of hydrogen-bond donors (Lipinski definition) is 1. The van der Waals surface area contributed by atoms with Gasteiger partial charge >= 0.3 is 0 Å². The van der Waals surface area contributed by atoms with Gasteiger partial charge in [0, 0.05) is 30.4 Å². The van der Waals surface area contributed by atoms with E-state index in [1.807, 2.05) is 32.9 Å². The Hall–Kier alpha value is -2.17. The van der Waals surface area contributed by atoms with E-state index in [4.69, 9.17) is 4.52 Å². The lowest BCUT2D eigenvalue weighted by atomic mass is 10.1. The number of carbonyl (C=O) groups is 1. The SMILES string of the molecule is Cc1cc(CC(=O)NC(C)Cc2ncccc2C)on1. The number of pyridine rings is 1. The van der Waals surface area contributed by atoms with Crippen molar-refractivity contribution < 1.29 is 9.32 Å². The van der Waals surface area contributed by atoms with Crippen LogP contribution in [0.25, 0.3) is 0 Å². The van der Waals surface area contributed by atoms with Gasteiger partial charge in [-0.3, -0.25) is 9.78 Å². The molecule has 0 bridgehead atoms. The molecule has 0 fully saturated rings. The molecular formula is C15H19N3O2. The maximum atomic E-state index is 11.9. The monoisotopic (exact) mass is 273 g/mol. The lowest BCUT2D eigenvalue weighted by Gasteiger charge is -2.14. The van der Waals surface area contributed by atoms with Crippen LogP contribution in [0.4, 0.5) is 0 Å². The molecule has 1 atom stereocenters. The molecule has 2 aromatic rings. The molecule has 0 saturated heterocycles. The highest BCUT2D eigenvalue weighted by molar-refractivity contribution is 5.78. The number of carbonyl (C=O) groups excluding carboxylic acids is 1. The molecule has 2 rings (SSSR count). The van der Waals surface area contributed by atoms with Crippen LogP contribution in [-0.4, -0.2) is 22.1 Å². The van der Waals surface area contributed by atoms with Crippen LogP contribution in [0.5, 0.6) is 0 Å². The van der Waals surface area contributed by atoms with E-state index in [2.05, 4.69) is 15.5 Å². The summed E-state index contributed by atoms with van der Waals surface area (Å²) >= 11 is 0. The van der Waals surface area contributed by atoms with Crippen LogP contribution in [0, 0.1) is 13.8 Å². The van der Waals surface area contributed by atoms with Crippen LogP contribution in [0.3, 0.4) is 0 Å². The molecule has 2 heterocycles. The number of aromatic nitrogens is 2. The zero-order valence-electron chi connectivity index (χ0n) is 12.0. The molecule has 0 aromatic carbocycles. The summed E-state index contributed by atoms with van der Waals surface area (Å²) in [5, 5.41) is 6.71. The van der Waals surface area contributed by atoms with Gasteiger partial charge in [-0.1, -0.05) is 11.2 Å². The van der Waals surface area contributed by atoms with Gasteiger partial charge in [-0.25, -0.2) is 0 Å². The van der Waals surface area contributed by atoms with Gasteiger partial charge in [-0.2, -0.15) is 0 Å². The molecule has 0 spiro atoms. The van der Waals surface area contributed by atoms with E-state index in [0.717, 1.165) is 17.0 Å². The van der Waals surface area contributed by atoms with Gasteiger partial charge in [-0.15, -0.1) is 0 Å². The van der Waals surface area contributed by atoms with Gasteiger partial charge in [-0.05, 0) is 32.4 Å². The second kappa shape index (κ2) is 6.32. The highest BCUT2D eigenvalue weighted by Crippen LogP contribution is 2.07. The quantitative estimate of drug-likeness (QED) is 0.904. The van der Waals surface area contributed by atoms with E-state index in [1.54, 1.807) is 12.3 Å². The Bertz CT molecular complexity index is 592. The van der Waals surface area contributed by atoms with Crippen molar-refractivity contribution in [2.45, 2.75) is 39.7 Å². The average Bonchev–Trinajstić information content (AvgIpc) is 2.77. The fraction of sp³-hybridized carbons (Fsp3) is 0.400. The molecule has 0 aliphatic rings. The molecule has 0 radical (unpaired) electrons.